The van der Waals surface area contributed by atoms with Gasteiger partial charge >= 0.3 is 0 Å². The average molecular weight is 248 g/mol. The third-order valence-corrected chi connectivity index (χ3v) is 3.44. The molecule has 0 aliphatic rings. The summed E-state index contributed by atoms with van der Waals surface area (Å²) < 4.78 is 5.83. The normalized spacial score (nSPS) is 12.7. The summed E-state index contributed by atoms with van der Waals surface area (Å²) in [5.41, 5.74) is 1.23. The van der Waals surface area contributed by atoms with E-state index in [2.05, 4.69) is 45.9 Å². The second kappa shape index (κ2) is 8.18. The molecule has 0 fully saturated rings. The second-order valence-electron chi connectivity index (χ2n) is 5.83. The molecule has 102 valence electrons. The topological polar surface area (TPSA) is 9.23 Å². The van der Waals surface area contributed by atoms with Crippen LogP contribution in [-0.4, -0.2) is 6.61 Å². The highest BCUT2D eigenvalue weighted by Gasteiger charge is 2.04. The van der Waals surface area contributed by atoms with Gasteiger partial charge in [-0.1, -0.05) is 58.2 Å². The van der Waals surface area contributed by atoms with Crippen LogP contribution < -0.4 is 4.74 Å². The van der Waals surface area contributed by atoms with Crippen molar-refractivity contribution in [3.63, 3.8) is 0 Å². The van der Waals surface area contributed by atoms with Gasteiger partial charge in [-0.2, -0.15) is 0 Å². The minimum Gasteiger partial charge on any atom is -0.493 e. The van der Waals surface area contributed by atoms with Gasteiger partial charge in [0.15, 0.2) is 0 Å². The van der Waals surface area contributed by atoms with Crippen LogP contribution >= 0.6 is 0 Å². The Morgan fingerprint density at radius 2 is 1.72 bits per heavy atom. The molecular weight excluding hydrogens is 220 g/mol. The van der Waals surface area contributed by atoms with Crippen LogP contribution in [0.4, 0.5) is 0 Å². The van der Waals surface area contributed by atoms with Crippen LogP contribution in [0.25, 0.3) is 0 Å². The van der Waals surface area contributed by atoms with E-state index in [1.807, 2.05) is 6.07 Å². The molecular formula is C17H28O. The number of hydrogen-bond acceptors (Lipinski definition) is 1. The van der Waals surface area contributed by atoms with E-state index < -0.39 is 0 Å². The first-order valence-electron chi connectivity index (χ1n) is 7.28. The molecule has 1 aromatic rings. The van der Waals surface area contributed by atoms with E-state index in [1.54, 1.807) is 0 Å². The number of aryl methyl sites for hydroxylation is 1. The third-order valence-electron chi connectivity index (χ3n) is 3.44. The third kappa shape index (κ3) is 6.09. The number of para-hydroxylation sites is 1. The molecule has 1 nitrogen and oxygen atoms in total. The van der Waals surface area contributed by atoms with E-state index in [9.17, 15) is 0 Å². The Balaban J connectivity index is 2.15. The van der Waals surface area contributed by atoms with E-state index in [-0.39, 0.29) is 0 Å². The van der Waals surface area contributed by atoms with E-state index in [1.165, 1.54) is 24.8 Å². The molecule has 0 aliphatic heterocycles. The Morgan fingerprint density at radius 1 is 1.00 bits per heavy atom. The quantitative estimate of drug-likeness (QED) is 0.612. The minimum absolute atomic E-state index is 0.771. The number of hydrogen-bond donors (Lipinski definition) is 0. The van der Waals surface area contributed by atoms with Crippen molar-refractivity contribution >= 4 is 0 Å². The molecule has 1 heteroatoms. The molecule has 1 aromatic carbocycles. The Kier molecular flexibility index (Phi) is 6.85. The lowest BCUT2D eigenvalue weighted by Crippen LogP contribution is -2.05. The van der Waals surface area contributed by atoms with Gasteiger partial charge in [0.05, 0.1) is 6.61 Å². The van der Waals surface area contributed by atoms with Gasteiger partial charge in [-0.3, -0.25) is 0 Å². The van der Waals surface area contributed by atoms with Crippen LogP contribution in [0.5, 0.6) is 5.75 Å². The highest BCUT2D eigenvalue weighted by atomic mass is 16.5. The Labute approximate surface area is 113 Å². The first-order valence-corrected chi connectivity index (χ1v) is 7.28. The molecule has 0 aliphatic carbocycles. The summed E-state index contributed by atoms with van der Waals surface area (Å²) in [6, 6.07) is 8.24. The zero-order valence-corrected chi connectivity index (χ0v) is 12.4. The number of rotatable bonds is 8. The van der Waals surface area contributed by atoms with Gasteiger partial charge in [-0.05, 0) is 36.8 Å². The predicted octanol–water partition coefficient (Wildman–Crippen LogP) is 5.23. The molecule has 0 amide bonds. The van der Waals surface area contributed by atoms with Gasteiger partial charge in [-0.25, -0.2) is 0 Å². The maximum atomic E-state index is 5.83. The highest BCUT2D eigenvalue weighted by molar-refractivity contribution is 5.31. The van der Waals surface area contributed by atoms with Crippen molar-refractivity contribution in [3.8, 4) is 5.75 Å². The average Bonchev–Trinajstić information content (AvgIpc) is 2.31. The van der Waals surface area contributed by atoms with Crippen molar-refractivity contribution in [2.45, 2.75) is 53.4 Å². The summed E-state index contributed by atoms with van der Waals surface area (Å²) in [6.45, 7) is 9.87. The standard InChI is InChI=1S/C17H28O/c1-14(2)8-7-9-15(3)12-13-18-17-11-6-5-10-16(17)4/h5-6,10-11,14-15H,7-9,12-13H2,1-4H3. The van der Waals surface area contributed by atoms with E-state index >= 15 is 0 Å². The van der Waals surface area contributed by atoms with Gasteiger partial charge in [0.25, 0.3) is 0 Å². The van der Waals surface area contributed by atoms with Crippen LogP contribution in [0, 0.1) is 18.8 Å². The van der Waals surface area contributed by atoms with Gasteiger partial charge in [0, 0.05) is 0 Å². The van der Waals surface area contributed by atoms with Gasteiger partial charge in [-0.15, -0.1) is 0 Å². The lowest BCUT2D eigenvalue weighted by atomic mass is 9.98. The Bertz CT molecular complexity index is 330. The van der Waals surface area contributed by atoms with Gasteiger partial charge < -0.3 is 4.74 Å². The predicted molar refractivity (Wildman–Crippen MR) is 79.1 cm³/mol. The smallest absolute Gasteiger partial charge is 0.122 e. The molecule has 0 heterocycles. The number of ether oxygens (including phenoxy) is 1. The van der Waals surface area contributed by atoms with Crippen LogP contribution in [-0.2, 0) is 0 Å². The molecule has 0 saturated carbocycles. The van der Waals surface area contributed by atoms with Crippen LogP contribution in [0.2, 0.25) is 0 Å². The SMILES string of the molecule is Cc1ccccc1OCCC(C)CCCC(C)C. The maximum Gasteiger partial charge on any atom is 0.122 e. The summed E-state index contributed by atoms with van der Waals surface area (Å²) in [4.78, 5) is 0. The maximum absolute atomic E-state index is 5.83. The second-order valence-corrected chi connectivity index (χ2v) is 5.83. The fourth-order valence-electron chi connectivity index (χ4n) is 2.11. The largest absolute Gasteiger partial charge is 0.493 e. The lowest BCUT2D eigenvalue weighted by molar-refractivity contribution is 0.274. The van der Waals surface area contributed by atoms with E-state index in [0.717, 1.165) is 30.6 Å². The molecule has 0 aromatic heterocycles. The zero-order chi connectivity index (χ0) is 13.4. The summed E-state index contributed by atoms with van der Waals surface area (Å²) >= 11 is 0. The van der Waals surface area contributed by atoms with E-state index in [0.29, 0.717) is 0 Å². The summed E-state index contributed by atoms with van der Waals surface area (Å²) in [6.07, 6.45) is 5.19. The lowest BCUT2D eigenvalue weighted by Gasteiger charge is -2.14. The molecule has 1 rings (SSSR count). The first-order chi connectivity index (χ1) is 8.59. The molecule has 0 spiro atoms. The van der Waals surface area contributed by atoms with Crippen molar-refractivity contribution in [1.82, 2.24) is 0 Å². The monoisotopic (exact) mass is 248 g/mol. The molecule has 18 heavy (non-hydrogen) atoms. The summed E-state index contributed by atoms with van der Waals surface area (Å²) in [5.74, 6) is 2.64. The molecule has 1 atom stereocenters. The zero-order valence-electron chi connectivity index (χ0n) is 12.4. The molecule has 0 bridgehead atoms. The molecule has 1 unspecified atom stereocenters. The van der Waals surface area contributed by atoms with Crippen LogP contribution in [0.15, 0.2) is 24.3 Å². The van der Waals surface area contributed by atoms with Crippen molar-refractivity contribution in [1.29, 1.82) is 0 Å². The molecule has 0 saturated heterocycles. The van der Waals surface area contributed by atoms with Crippen molar-refractivity contribution in [3.05, 3.63) is 29.8 Å². The first kappa shape index (κ1) is 15.1. The summed E-state index contributed by atoms with van der Waals surface area (Å²) in [5, 5.41) is 0. The van der Waals surface area contributed by atoms with Crippen molar-refractivity contribution < 1.29 is 4.74 Å². The van der Waals surface area contributed by atoms with Crippen molar-refractivity contribution in [2.24, 2.45) is 11.8 Å². The van der Waals surface area contributed by atoms with Crippen LogP contribution in [0.1, 0.15) is 52.0 Å². The summed E-state index contributed by atoms with van der Waals surface area (Å²) in [7, 11) is 0. The minimum atomic E-state index is 0.771. The number of benzene rings is 1. The fraction of sp³-hybridized carbons (Fsp3) is 0.647. The van der Waals surface area contributed by atoms with Crippen LogP contribution in [0.3, 0.4) is 0 Å². The van der Waals surface area contributed by atoms with Gasteiger partial charge in [0.2, 0.25) is 0 Å². The Hall–Kier alpha value is -0.980. The molecule has 0 N–H and O–H groups in total. The highest BCUT2D eigenvalue weighted by Crippen LogP contribution is 2.19. The van der Waals surface area contributed by atoms with E-state index in [4.69, 9.17) is 4.74 Å². The molecule has 0 radical (unpaired) electrons. The Morgan fingerprint density at radius 3 is 2.39 bits per heavy atom. The fourth-order valence-corrected chi connectivity index (χ4v) is 2.11. The van der Waals surface area contributed by atoms with Crippen molar-refractivity contribution in [2.75, 3.05) is 6.61 Å². The van der Waals surface area contributed by atoms with Gasteiger partial charge in [0.1, 0.15) is 5.75 Å².